The molecule has 0 atom stereocenters. The van der Waals surface area contributed by atoms with Gasteiger partial charge in [0, 0.05) is 5.56 Å². The van der Waals surface area contributed by atoms with Crippen LogP contribution >= 0.6 is 11.8 Å². The SMILES string of the molecule is CSc1nc(-c2ccc(-c3ccc(F)c(C)c3)cc2)c(C#N)c(=O)[nH]1. The van der Waals surface area contributed by atoms with Gasteiger partial charge in [-0.05, 0) is 42.0 Å². The van der Waals surface area contributed by atoms with E-state index in [-0.39, 0.29) is 11.4 Å². The summed E-state index contributed by atoms with van der Waals surface area (Å²) in [5, 5.41) is 9.72. The largest absolute Gasteiger partial charge is 0.300 e. The first-order valence-electron chi connectivity index (χ1n) is 7.49. The van der Waals surface area contributed by atoms with Crippen LogP contribution in [0.3, 0.4) is 0 Å². The number of thioether (sulfide) groups is 1. The van der Waals surface area contributed by atoms with Crippen LogP contribution in [0.5, 0.6) is 0 Å². The van der Waals surface area contributed by atoms with E-state index in [1.807, 2.05) is 18.2 Å². The zero-order valence-corrected chi connectivity index (χ0v) is 14.4. The number of rotatable bonds is 3. The van der Waals surface area contributed by atoms with Gasteiger partial charge in [-0.3, -0.25) is 4.79 Å². The summed E-state index contributed by atoms with van der Waals surface area (Å²) in [6.45, 7) is 1.72. The summed E-state index contributed by atoms with van der Waals surface area (Å²) in [6, 6.07) is 14.2. The van der Waals surface area contributed by atoms with Crippen molar-refractivity contribution in [2.45, 2.75) is 12.1 Å². The topological polar surface area (TPSA) is 69.5 Å². The van der Waals surface area contributed by atoms with Crippen LogP contribution in [0.1, 0.15) is 11.1 Å². The molecule has 3 rings (SSSR count). The molecule has 6 heteroatoms. The number of hydrogen-bond donors (Lipinski definition) is 1. The molecule has 1 N–H and O–H groups in total. The van der Waals surface area contributed by atoms with Gasteiger partial charge in [0.15, 0.2) is 5.16 Å². The number of aromatic nitrogens is 2. The summed E-state index contributed by atoms with van der Waals surface area (Å²) < 4.78 is 13.4. The van der Waals surface area contributed by atoms with Gasteiger partial charge in [-0.15, -0.1) is 0 Å². The summed E-state index contributed by atoms with van der Waals surface area (Å²) >= 11 is 1.30. The number of aromatic amines is 1. The number of halogens is 1. The zero-order valence-electron chi connectivity index (χ0n) is 13.6. The lowest BCUT2D eigenvalue weighted by Crippen LogP contribution is -2.14. The van der Waals surface area contributed by atoms with E-state index >= 15 is 0 Å². The molecule has 0 amide bonds. The van der Waals surface area contributed by atoms with Crippen molar-refractivity contribution in [2.75, 3.05) is 6.26 Å². The highest BCUT2D eigenvalue weighted by Crippen LogP contribution is 2.26. The molecule has 0 aliphatic carbocycles. The Labute approximate surface area is 148 Å². The lowest BCUT2D eigenvalue weighted by atomic mass is 10.00. The molecular weight excluding hydrogens is 337 g/mol. The van der Waals surface area contributed by atoms with Crippen LogP contribution in [-0.4, -0.2) is 16.2 Å². The highest BCUT2D eigenvalue weighted by atomic mass is 32.2. The molecule has 0 saturated carbocycles. The number of hydrogen-bond acceptors (Lipinski definition) is 4. The second-order valence-electron chi connectivity index (χ2n) is 5.45. The second kappa shape index (κ2) is 6.91. The van der Waals surface area contributed by atoms with E-state index in [1.165, 1.54) is 17.8 Å². The minimum absolute atomic E-state index is 0.0109. The molecule has 25 heavy (non-hydrogen) atoms. The van der Waals surface area contributed by atoms with Crippen molar-refractivity contribution < 1.29 is 4.39 Å². The van der Waals surface area contributed by atoms with Gasteiger partial charge in [0.1, 0.15) is 17.4 Å². The summed E-state index contributed by atoms with van der Waals surface area (Å²) in [6.07, 6.45) is 1.80. The van der Waals surface area contributed by atoms with Gasteiger partial charge in [0.2, 0.25) is 0 Å². The fourth-order valence-corrected chi connectivity index (χ4v) is 2.88. The van der Waals surface area contributed by atoms with Crippen LogP contribution in [0.2, 0.25) is 0 Å². The quantitative estimate of drug-likeness (QED) is 0.569. The smallest absolute Gasteiger partial charge is 0.270 e. The molecule has 0 radical (unpaired) electrons. The van der Waals surface area contributed by atoms with Crippen LogP contribution < -0.4 is 5.56 Å². The normalized spacial score (nSPS) is 10.5. The summed E-state index contributed by atoms with van der Waals surface area (Å²) in [4.78, 5) is 18.9. The molecule has 0 fully saturated rings. The Morgan fingerprint density at radius 1 is 1.12 bits per heavy atom. The molecule has 0 aliphatic rings. The molecule has 2 aromatic carbocycles. The minimum atomic E-state index is -0.449. The summed E-state index contributed by atoms with van der Waals surface area (Å²) in [7, 11) is 0. The predicted octanol–water partition coefficient (Wildman–Crippen LogP) is 4.15. The first kappa shape index (κ1) is 16.9. The Kier molecular flexibility index (Phi) is 4.68. The van der Waals surface area contributed by atoms with E-state index in [0.29, 0.717) is 22.0 Å². The first-order chi connectivity index (χ1) is 12.0. The zero-order chi connectivity index (χ0) is 18.0. The van der Waals surface area contributed by atoms with Gasteiger partial charge in [-0.1, -0.05) is 42.1 Å². The van der Waals surface area contributed by atoms with Crippen LogP contribution in [0.25, 0.3) is 22.4 Å². The number of nitrogens with zero attached hydrogens (tertiary/aromatic N) is 2. The van der Waals surface area contributed by atoms with Gasteiger partial charge in [-0.25, -0.2) is 9.37 Å². The second-order valence-corrected chi connectivity index (χ2v) is 6.25. The van der Waals surface area contributed by atoms with Gasteiger partial charge in [0.25, 0.3) is 5.56 Å². The van der Waals surface area contributed by atoms with Crippen LogP contribution in [0.4, 0.5) is 4.39 Å². The fraction of sp³-hybridized carbons (Fsp3) is 0.105. The molecule has 3 aromatic rings. The minimum Gasteiger partial charge on any atom is -0.300 e. The first-order valence-corrected chi connectivity index (χ1v) is 8.71. The fourth-order valence-electron chi connectivity index (χ4n) is 2.51. The number of nitriles is 1. The van der Waals surface area contributed by atoms with Crippen LogP contribution in [-0.2, 0) is 0 Å². The summed E-state index contributed by atoms with van der Waals surface area (Å²) in [5.41, 5.74) is 2.97. The van der Waals surface area contributed by atoms with E-state index in [1.54, 1.807) is 37.4 Å². The van der Waals surface area contributed by atoms with Gasteiger partial charge < -0.3 is 4.98 Å². The van der Waals surface area contributed by atoms with E-state index in [4.69, 9.17) is 0 Å². The third-order valence-electron chi connectivity index (χ3n) is 3.85. The number of aryl methyl sites for hydroxylation is 1. The van der Waals surface area contributed by atoms with Crippen LogP contribution in [0, 0.1) is 24.1 Å². The van der Waals surface area contributed by atoms with Crippen molar-refractivity contribution in [1.82, 2.24) is 9.97 Å². The molecule has 1 heterocycles. The highest BCUT2D eigenvalue weighted by molar-refractivity contribution is 7.98. The van der Waals surface area contributed by atoms with Crippen molar-refractivity contribution in [2.24, 2.45) is 0 Å². The Balaban J connectivity index is 2.06. The van der Waals surface area contributed by atoms with Gasteiger partial charge >= 0.3 is 0 Å². The standard InChI is InChI=1S/C19H14FN3OS/c1-11-9-14(7-8-16(11)20)12-3-5-13(6-4-12)17-15(10-21)18(24)23-19(22-17)25-2/h3-9H,1-2H3,(H,22,23,24). The van der Waals surface area contributed by atoms with Gasteiger partial charge in [0.05, 0.1) is 5.69 Å². The van der Waals surface area contributed by atoms with E-state index in [0.717, 1.165) is 11.1 Å². The molecule has 4 nitrogen and oxygen atoms in total. The molecule has 124 valence electrons. The Bertz CT molecular complexity index is 1040. The van der Waals surface area contributed by atoms with Crippen molar-refractivity contribution in [3.63, 3.8) is 0 Å². The third kappa shape index (κ3) is 3.32. The number of benzene rings is 2. The van der Waals surface area contributed by atoms with Crippen molar-refractivity contribution in [1.29, 1.82) is 5.26 Å². The van der Waals surface area contributed by atoms with Crippen molar-refractivity contribution >= 4 is 11.8 Å². The molecule has 0 aliphatic heterocycles. The van der Waals surface area contributed by atoms with E-state index in [9.17, 15) is 14.4 Å². The maximum Gasteiger partial charge on any atom is 0.270 e. The third-order valence-corrected chi connectivity index (χ3v) is 4.43. The average molecular weight is 351 g/mol. The van der Waals surface area contributed by atoms with Crippen molar-refractivity contribution in [3.05, 3.63) is 69.8 Å². The van der Waals surface area contributed by atoms with Crippen molar-refractivity contribution in [3.8, 4) is 28.5 Å². The van der Waals surface area contributed by atoms with E-state index < -0.39 is 5.56 Å². The Hall–Kier alpha value is -2.91. The van der Waals surface area contributed by atoms with Gasteiger partial charge in [-0.2, -0.15) is 5.26 Å². The maximum absolute atomic E-state index is 13.4. The lowest BCUT2D eigenvalue weighted by Gasteiger charge is -2.08. The van der Waals surface area contributed by atoms with E-state index in [2.05, 4.69) is 9.97 Å². The lowest BCUT2D eigenvalue weighted by molar-refractivity contribution is 0.619. The molecule has 0 bridgehead atoms. The average Bonchev–Trinajstić information content (AvgIpc) is 2.63. The Morgan fingerprint density at radius 2 is 1.76 bits per heavy atom. The van der Waals surface area contributed by atoms with Crippen LogP contribution in [0.15, 0.2) is 52.4 Å². The summed E-state index contributed by atoms with van der Waals surface area (Å²) in [5.74, 6) is -0.240. The number of nitrogens with one attached hydrogen (secondary N) is 1. The monoisotopic (exact) mass is 351 g/mol. The highest BCUT2D eigenvalue weighted by Gasteiger charge is 2.13. The molecule has 1 aromatic heterocycles. The molecular formula is C19H14FN3OS. The maximum atomic E-state index is 13.4. The molecule has 0 unspecified atom stereocenters. The molecule has 0 saturated heterocycles. The number of H-pyrrole nitrogens is 1. The predicted molar refractivity (Wildman–Crippen MR) is 96.9 cm³/mol. The Morgan fingerprint density at radius 3 is 2.36 bits per heavy atom. The molecule has 0 spiro atoms.